The monoisotopic (exact) mass is 254 g/mol. The van der Waals surface area contributed by atoms with Gasteiger partial charge < -0.3 is 10.1 Å². The first-order valence-electron chi connectivity index (χ1n) is 7.23. The maximum atomic E-state index is 11.4. The molecule has 2 unspecified atom stereocenters. The fourth-order valence-electron chi connectivity index (χ4n) is 3.24. The van der Waals surface area contributed by atoms with Crippen molar-refractivity contribution in [3.63, 3.8) is 0 Å². The molecule has 1 aliphatic heterocycles. The molecule has 2 aliphatic rings. The Hall–Kier alpha value is -0.610. The Morgan fingerprint density at radius 1 is 1.33 bits per heavy atom. The minimum Gasteiger partial charge on any atom is -0.469 e. The standard InChI is InChI=1S/C14H26N2O2/c1-11-8-15-12(7-14(17)18-2)10-16(9-11)13-5-3-4-6-13/h11-13,15H,3-10H2,1-2H3. The van der Waals surface area contributed by atoms with Gasteiger partial charge in [-0.25, -0.2) is 0 Å². The van der Waals surface area contributed by atoms with Crippen molar-refractivity contribution >= 4 is 5.97 Å². The summed E-state index contributed by atoms with van der Waals surface area (Å²) < 4.78 is 4.78. The molecule has 4 heteroatoms. The first-order chi connectivity index (χ1) is 8.69. The van der Waals surface area contributed by atoms with Gasteiger partial charge in [-0.3, -0.25) is 9.69 Å². The summed E-state index contributed by atoms with van der Waals surface area (Å²) in [4.78, 5) is 14.0. The van der Waals surface area contributed by atoms with Gasteiger partial charge in [-0.05, 0) is 25.3 Å². The van der Waals surface area contributed by atoms with Crippen molar-refractivity contribution in [3.05, 3.63) is 0 Å². The van der Waals surface area contributed by atoms with E-state index in [2.05, 4.69) is 17.1 Å². The van der Waals surface area contributed by atoms with Gasteiger partial charge in [-0.1, -0.05) is 19.8 Å². The number of rotatable bonds is 3. The molecular weight excluding hydrogens is 228 g/mol. The van der Waals surface area contributed by atoms with E-state index >= 15 is 0 Å². The van der Waals surface area contributed by atoms with Crippen LogP contribution in [-0.2, 0) is 9.53 Å². The van der Waals surface area contributed by atoms with Gasteiger partial charge >= 0.3 is 5.97 Å². The molecule has 0 aromatic carbocycles. The van der Waals surface area contributed by atoms with Gasteiger partial charge in [0, 0.05) is 25.2 Å². The number of hydrogen-bond acceptors (Lipinski definition) is 4. The molecule has 2 atom stereocenters. The molecule has 1 heterocycles. The fourth-order valence-corrected chi connectivity index (χ4v) is 3.24. The topological polar surface area (TPSA) is 41.6 Å². The van der Waals surface area contributed by atoms with E-state index in [0.29, 0.717) is 12.3 Å². The molecular formula is C14H26N2O2. The number of esters is 1. The van der Waals surface area contributed by atoms with E-state index in [-0.39, 0.29) is 12.0 Å². The second-order valence-electron chi connectivity index (χ2n) is 5.88. The van der Waals surface area contributed by atoms with E-state index in [1.165, 1.54) is 32.8 Å². The van der Waals surface area contributed by atoms with Crippen LogP contribution in [0.25, 0.3) is 0 Å². The van der Waals surface area contributed by atoms with Crippen molar-refractivity contribution < 1.29 is 9.53 Å². The highest BCUT2D eigenvalue weighted by atomic mass is 16.5. The second kappa shape index (κ2) is 6.53. The van der Waals surface area contributed by atoms with E-state index in [1.807, 2.05) is 0 Å². The lowest BCUT2D eigenvalue weighted by Gasteiger charge is -2.30. The molecule has 0 radical (unpaired) electrons. The van der Waals surface area contributed by atoms with Crippen LogP contribution in [0.15, 0.2) is 0 Å². The summed E-state index contributed by atoms with van der Waals surface area (Å²) in [6.45, 7) is 5.44. The predicted molar refractivity (Wildman–Crippen MR) is 71.4 cm³/mol. The summed E-state index contributed by atoms with van der Waals surface area (Å²) >= 11 is 0. The van der Waals surface area contributed by atoms with Crippen LogP contribution in [0.5, 0.6) is 0 Å². The number of nitrogens with one attached hydrogen (secondary N) is 1. The van der Waals surface area contributed by atoms with Crippen LogP contribution in [0, 0.1) is 5.92 Å². The molecule has 0 aromatic heterocycles. The van der Waals surface area contributed by atoms with Gasteiger partial charge in [0.05, 0.1) is 13.5 Å². The lowest BCUT2D eigenvalue weighted by atomic mass is 10.1. The van der Waals surface area contributed by atoms with E-state index in [9.17, 15) is 4.79 Å². The Kier molecular flexibility index (Phi) is 5.01. The van der Waals surface area contributed by atoms with Crippen LogP contribution in [0.3, 0.4) is 0 Å². The summed E-state index contributed by atoms with van der Waals surface area (Å²) in [7, 11) is 1.47. The van der Waals surface area contributed by atoms with E-state index in [4.69, 9.17) is 4.74 Å². The molecule has 1 saturated carbocycles. The highest BCUT2D eigenvalue weighted by Crippen LogP contribution is 2.25. The summed E-state index contributed by atoms with van der Waals surface area (Å²) in [5.74, 6) is 0.557. The minimum absolute atomic E-state index is 0.103. The van der Waals surface area contributed by atoms with Crippen LogP contribution < -0.4 is 5.32 Å². The van der Waals surface area contributed by atoms with Crippen molar-refractivity contribution in [1.82, 2.24) is 10.2 Å². The van der Waals surface area contributed by atoms with Crippen LogP contribution in [0.4, 0.5) is 0 Å². The van der Waals surface area contributed by atoms with Crippen molar-refractivity contribution in [2.24, 2.45) is 5.92 Å². The van der Waals surface area contributed by atoms with Gasteiger partial charge in [0.15, 0.2) is 0 Å². The molecule has 1 aliphatic carbocycles. The first-order valence-corrected chi connectivity index (χ1v) is 7.23. The lowest BCUT2D eigenvalue weighted by Crippen LogP contribution is -2.43. The lowest BCUT2D eigenvalue weighted by molar-refractivity contribution is -0.141. The maximum absolute atomic E-state index is 11.4. The average molecular weight is 254 g/mol. The summed E-state index contributed by atoms with van der Waals surface area (Å²) in [5, 5.41) is 3.51. The zero-order valence-corrected chi connectivity index (χ0v) is 11.7. The molecule has 2 rings (SSSR count). The Balaban J connectivity index is 1.93. The van der Waals surface area contributed by atoms with E-state index in [1.54, 1.807) is 0 Å². The average Bonchev–Trinajstić information content (AvgIpc) is 2.82. The molecule has 4 nitrogen and oxygen atoms in total. The van der Waals surface area contributed by atoms with E-state index < -0.39 is 0 Å². The quantitative estimate of drug-likeness (QED) is 0.773. The van der Waals surface area contributed by atoms with Gasteiger partial charge in [0.25, 0.3) is 0 Å². The molecule has 1 saturated heterocycles. The van der Waals surface area contributed by atoms with Crippen molar-refractivity contribution in [2.45, 2.75) is 51.1 Å². The minimum atomic E-state index is -0.103. The van der Waals surface area contributed by atoms with Crippen molar-refractivity contribution in [1.29, 1.82) is 0 Å². The van der Waals surface area contributed by atoms with Gasteiger partial charge in [0.2, 0.25) is 0 Å². The van der Waals surface area contributed by atoms with Crippen LogP contribution in [-0.4, -0.2) is 49.7 Å². The fraction of sp³-hybridized carbons (Fsp3) is 0.929. The maximum Gasteiger partial charge on any atom is 0.307 e. The Bertz CT molecular complexity index is 277. The number of nitrogens with zero attached hydrogens (tertiary/aromatic N) is 1. The highest BCUT2D eigenvalue weighted by molar-refractivity contribution is 5.69. The zero-order chi connectivity index (χ0) is 13.0. The Morgan fingerprint density at radius 3 is 2.72 bits per heavy atom. The molecule has 0 amide bonds. The Labute approximate surface area is 110 Å². The molecule has 0 bridgehead atoms. The number of hydrogen-bond donors (Lipinski definition) is 1. The van der Waals surface area contributed by atoms with Gasteiger partial charge in [-0.15, -0.1) is 0 Å². The number of methoxy groups -OCH3 is 1. The predicted octanol–water partition coefficient (Wildman–Crippen LogP) is 1.40. The normalized spacial score (nSPS) is 31.2. The number of carbonyl (C=O) groups is 1. The van der Waals surface area contributed by atoms with Crippen molar-refractivity contribution in [3.8, 4) is 0 Å². The third-order valence-corrected chi connectivity index (χ3v) is 4.24. The van der Waals surface area contributed by atoms with E-state index in [0.717, 1.165) is 25.7 Å². The summed E-state index contributed by atoms with van der Waals surface area (Å²) in [5.41, 5.74) is 0. The third-order valence-electron chi connectivity index (χ3n) is 4.24. The van der Waals surface area contributed by atoms with Crippen LogP contribution in [0.1, 0.15) is 39.0 Å². The largest absolute Gasteiger partial charge is 0.469 e. The number of carbonyl (C=O) groups excluding carboxylic acids is 1. The zero-order valence-electron chi connectivity index (χ0n) is 11.7. The molecule has 1 N–H and O–H groups in total. The van der Waals surface area contributed by atoms with Gasteiger partial charge in [0.1, 0.15) is 0 Å². The first kappa shape index (κ1) is 13.8. The van der Waals surface area contributed by atoms with Gasteiger partial charge in [-0.2, -0.15) is 0 Å². The second-order valence-corrected chi connectivity index (χ2v) is 5.88. The molecule has 0 spiro atoms. The van der Waals surface area contributed by atoms with Crippen LogP contribution in [0.2, 0.25) is 0 Å². The Morgan fingerprint density at radius 2 is 2.06 bits per heavy atom. The smallest absolute Gasteiger partial charge is 0.307 e. The summed E-state index contributed by atoms with van der Waals surface area (Å²) in [6.07, 6.45) is 5.89. The summed E-state index contributed by atoms with van der Waals surface area (Å²) in [6, 6.07) is 0.996. The molecule has 18 heavy (non-hydrogen) atoms. The molecule has 104 valence electrons. The van der Waals surface area contributed by atoms with Crippen molar-refractivity contribution in [2.75, 3.05) is 26.7 Å². The third kappa shape index (κ3) is 3.69. The number of ether oxygens (including phenoxy) is 1. The van der Waals surface area contributed by atoms with Crippen LogP contribution >= 0.6 is 0 Å². The molecule has 0 aromatic rings. The molecule has 2 fully saturated rings. The SMILES string of the molecule is COC(=O)CC1CN(C2CCCC2)CC(C)CN1. The highest BCUT2D eigenvalue weighted by Gasteiger charge is 2.29.